The predicted molar refractivity (Wildman–Crippen MR) is 227 cm³/mol. The molecular formula is C49H95N. The molecule has 296 valence electrons. The van der Waals surface area contributed by atoms with Gasteiger partial charge in [0.25, 0.3) is 0 Å². The van der Waals surface area contributed by atoms with Gasteiger partial charge < -0.3 is 5.73 Å². The lowest BCUT2D eigenvalue weighted by molar-refractivity contribution is 0.146. The lowest BCUT2D eigenvalue weighted by Crippen LogP contribution is -2.28. The zero-order valence-corrected chi connectivity index (χ0v) is 36.0. The highest BCUT2D eigenvalue weighted by atomic mass is 14.5. The third-order valence-electron chi connectivity index (χ3n) is 14.7. The van der Waals surface area contributed by atoms with Crippen LogP contribution in [0.2, 0.25) is 0 Å². The van der Waals surface area contributed by atoms with E-state index in [1.807, 2.05) is 0 Å². The summed E-state index contributed by atoms with van der Waals surface area (Å²) < 4.78 is 0. The first kappa shape index (κ1) is 45.9. The molecule has 1 heteroatoms. The first-order chi connectivity index (χ1) is 24.1. The van der Waals surface area contributed by atoms with Crippen molar-refractivity contribution >= 4 is 0 Å². The van der Waals surface area contributed by atoms with Gasteiger partial charge in [-0.15, -0.1) is 0 Å². The fourth-order valence-corrected chi connectivity index (χ4v) is 11.2. The molecule has 2 rings (SSSR count). The fraction of sp³-hybridized carbons (Fsp3) is 0.959. The average molecular weight is 698 g/mol. The number of hydrogen-bond acceptors (Lipinski definition) is 1. The van der Waals surface area contributed by atoms with Crippen molar-refractivity contribution in [1.82, 2.24) is 0 Å². The molecule has 2 aliphatic carbocycles. The van der Waals surface area contributed by atoms with Gasteiger partial charge >= 0.3 is 0 Å². The molecule has 0 aromatic rings. The maximum absolute atomic E-state index is 6.24. The van der Waals surface area contributed by atoms with Crippen LogP contribution < -0.4 is 5.73 Å². The van der Waals surface area contributed by atoms with Gasteiger partial charge in [-0.3, -0.25) is 0 Å². The summed E-state index contributed by atoms with van der Waals surface area (Å²) in [6.45, 7) is 23.1. The van der Waals surface area contributed by atoms with Crippen molar-refractivity contribution in [1.29, 1.82) is 0 Å². The van der Waals surface area contributed by atoms with Crippen LogP contribution in [0.25, 0.3) is 0 Å². The Bertz CT molecular complexity index is 816. The standard InChI is InChI=1S/C49H95N/c1-10-14-20-38(5)25-28-43(17-11-2)29-30-44-31-32-46(37-44)41(8)26-23-39(6)24-27-42(9)47(33-34-50)35-40(7)36-48(19-13-4)49-22-16-15-21-45(49)18-12-3/h12,18,38-49H,10-11,13-17,19-37,50H2,1-9H3. The van der Waals surface area contributed by atoms with Crippen LogP contribution in [0.15, 0.2) is 12.2 Å². The SMILES string of the molecule is CC=CC1CCCCC1C(CCC)CC(C)CC(CCN)C(C)CCC(C)CCC(C)C1CCC(CCC(CCC)CCC(C)CCCC)C1. The Hall–Kier alpha value is -0.300. The average Bonchev–Trinajstić information content (AvgIpc) is 3.59. The number of rotatable bonds is 29. The molecule has 0 saturated heterocycles. The van der Waals surface area contributed by atoms with Crippen molar-refractivity contribution in [2.24, 2.45) is 76.7 Å². The number of allylic oxidation sites excluding steroid dienone is 2. The largest absolute Gasteiger partial charge is 0.330 e. The minimum absolute atomic E-state index is 0.804. The van der Waals surface area contributed by atoms with Crippen molar-refractivity contribution in [2.75, 3.05) is 6.54 Å². The van der Waals surface area contributed by atoms with E-state index in [0.29, 0.717) is 0 Å². The Morgan fingerprint density at radius 3 is 2.04 bits per heavy atom. The zero-order valence-electron chi connectivity index (χ0n) is 36.0. The van der Waals surface area contributed by atoms with Crippen LogP contribution >= 0.6 is 0 Å². The normalized spacial score (nSPS) is 26.4. The van der Waals surface area contributed by atoms with Gasteiger partial charge in [0.1, 0.15) is 0 Å². The Kier molecular flexibility index (Phi) is 25.0. The van der Waals surface area contributed by atoms with Crippen molar-refractivity contribution in [3.05, 3.63) is 12.2 Å². The summed E-state index contributed by atoms with van der Waals surface area (Å²) in [6, 6.07) is 0. The molecule has 12 atom stereocenters. The van der Waals surface area contributed by atoms with Crippen LogP contribution in [0.3, 0.4) is 0 Å². The highest BCUT2D eigenvalue weighted by Gasteiger charge is 2.32. The van der Waals surface area contributed by atoms with Gasteiger partial charge in [0.2, 0.25) is 0 Å². The number of hydrogen-bond donors (Lipinski definition) is 1. The Labute approximate surface area is 317 Å². The second kappa shape index (κ2) is 27.3. The van der Waals surface area contributed by atoms with Crippen molar-refractivity contribution in [3.63, 3.8) is 0 Å². The summed E-state index contributed by atoms with van der Waals surface area (Å²) >= 11 is 0. The zero-order chi connectivity index (χ0) is 36.7. The molecule has 0 heterocycles. The summed E-state index contributed by atoms with van der Waals surface area (Å²) in [6.07, 6.45) is 40.8. The molecule has 0 radical (unpaired) electrons. The quantitative estimate of drug-likeness (QED) is 0.0774. The van der Waals surface area contributed by atoms with Gasteiger partial charge in [-0.1, -0.05) is 183 Å². The first-order valence-corrected chi connectivity index (χ1v) is 23.5. The van der Waals surface area contributed by atoms with E-state index in [1.54, 1.807) is 0 Å². The molecule has 12 unspecified atom stereocenters. The topological polar surface area (TPSA) is 26.0 Å². The molecule has 0 spiro atoms. The first-order valence-electron chi connectivity index (χ1n) is 23.5. The molecule has 2 aliphatic rings. The van der Waals surface area contributed by atoms with E-state index in [4.69, 9.17) is 5.73 Å². The summed E-state index contributed by atoms with van der Waals surface area (Å²) in [5.41, 5.74) is 6.24. The van der Waals surface area contributed by atoms with Crippen LogP contribution in [-0.4, -0.2) is 6.54 Å². The van der Waals surface area contributed by atoms with E-state index < -0.39 is 0 Å². The van der Waals surface area contributed by atoms with Crippen LogP contribution in [-0.2, 0) is 0 Å². The third kappa shape index (κ3) is 18.2. The molecule has 1 nitrogen and oxygen atoms in total. The molecule has 2 N–H and O–H groups in total. The summed E-state index contributed by atoms with van der Waals surface area (Å²) in [4.78, 5) is 0. The summed E-state index contributed by atoms with van der Waals surface area (Å²) in [5.74, 6) is 10.8. The van der Waals surface area contributed by atoms with E-state index in [-0.39, 0.29) is 0 Å². The fourth-order valence-electron chi connectivity index (χ4n) is 11.2. The van der Waals surface area contributed by atoms with Gasteiger partial charge in [0.05, 0.1) is 0 Å². The van der Waals surface area contributed by atoms with Crippen molar-refractivity contribution in [3.8, 4) is 0 Å². The van der Waals surface area contributed by atoms with Crippen LogP contribution in [0.1, 0.15) is 223 Å². The number of nitrogens with two attached hydrogens (primary N) is 1. The number of unbranched alkanes of at least 4 members (excludes halogenated alkanes) is 1. The van der Waals surface area contributed by atoms with Gasteiger partial charge in [-0.2, -0.15) is 0 Å². The molecule has 2 fully saturated rings. The van der Waals surface area contributed by atoms with Crippen LogP contribution in [0.5, 0.6) is 0 Å². The van der Waals surface area contributed by atoms with E-state index >= 15 is 0 Å². The smallest absolute Gasteiger partial charge is 0.00745 e. The molecule has 0 aromatic heterocycles. The van der Waals surface area contributed by atoms with Gasteiger partial charge in [-0.25, -0.2) is 0 Å². The van der Waals surface area contributed by atoms with Crippen molar-refractivity contribution in [2.45, 2.75) is 223 Å². The van der Waals surface area contributed by atoms with Gasteiger partial charge in [0, 0.05) is 0 Å². The molecule has 0 aromatic carbocycles. The maximum Gasteiger partial charge on any atom is -0.00745 e. The van der Waals surface area contributed by atoms with E-state index in [9.17, 15) is 0 Å². The molecule has 0 aliphatic heterocycles. The molecule has 0 amide bonds. The molecule has 0 bridgehead atoms. The Morgan fingerprint density at radius 2 is 1.34 bits per heavy atom. The minimum Gasteiger partial charge on any atom is -0.330 e. The van der Waals surface area contributed by atoms with Gasteiger partial charge in [0.15, 0.2) is 0 Å². The van der Waals surface area contributed by atoms with Gasteiger partial charge in [-0.05, 0) is 129 Å². The monoisotopic (exact) mass is 698 g/mol. The molecular weight excluding hydrogens is 603 g/mol. The summed E-state index contributed by atoms with van der Waals surface area (Å²) in [5, 5.41) is 0. The second-order valence-corrected chi connectivity index (χ2v) is 19.3. The molecule has 50 heavy (non-hydrogen) atoms. The minimum atomic E-state index is 0.804. The molecule has 2 saturated carbocycles. The highest BCUT2D eigenvalue weighted by Crippen LogP contribution is 2.43. The van der Waals surface area contributed by atoms with Crippen molar-refractivity contribution < 1.29 is 0 Å². The van der Waals surface area contributed by atoms with E-state index in [2.05, 4.69) is 74.5 Å². The summed E-state index contributed by atoms with van der Waals surface area (Å²) in [7, 11) is 0. The van der Waals surface area contributed by atoms with Crippen LogP contribution in [0.4, 0.5) is 0 Å². The Balaban J connectivity index is 1.74. The highest BCUT2D eigenvalue weighted by molar-refractivity contribution is 4.94. The van der Waals surface area contributed by atoms with E-state index in [1.165, 1.54) is 161 Å². The predicted octanol–water partition coefficient (Wildman–Crippen LogP) is 15.9. The lowest BCUT2D eigenvalue weighted by atomic mass is 9.67. The van der Waals surface area contributed by atoms with E-state index in [0.717, 1.165) is 77.6 Å². The third-order valence-corrected chi connectivity index (χ3v) is 14.7. The Morgan fingerprint density at radius 1 is 0.640 bits per heavy atom. The van der Waals surface area contributed by atoms with Crippen LogP contribution in [0, 0.1) is 71.0 Å². The lowest BCUT2D eigenvalue weighted by Gasteiger charge is -2.38. The second-order valence-electron chi connectivity index (χ2n) is 19.3. The maximum atomic E-state index is 6.24.